The second-order valence-electron chi connectivity index (χ2n) is 4.95. The number of hydrogen-bond acceptors (Lipinski definition) is 5. The first-order valence-electron chi connectivity index (χ1n) is 6.60. The summed E-state index contributed by atoms with van der Waals surface area (Å²) < 4.78 is 26.5. The fourth-order valence-electron chi connectivity index (χ4n) is 2.46. The van der Waals surface area contributed by atoms with Crippen molar-refractivity contribution >= 4 is 29.5 Å². The Hall–Kier alpha value is -0.950. The molecule has 118 valence electrons. The van der Waals surface area contributed by atoms with Crippen LogP contribution in [0, 0.1) is 0 Å². The molecule has 1 aliphatic rings. The second kappa shape index (κ2) is 8.48. The van der Waals surface area contributed by atoms with Gasteiger partial charge in [-0.3, -0.25) is 9.00 Å². The van der Waals surface area contributed by atoms with Crippen molar-refractivity contribution in [1.82, 2.24) is 5.32 Å². The van der Waals surface area contributed by atoms with E-state index in [2.05, 4.69) is 5.32 Å². The summed E-state index contributed by atoms with van der Waals surface area (Å²) >= 11 is -2.06. The molecule has 0 bridgehead atoms. The van der Waals surface area contributed by atoms with Crippen LogP contribution in [0.4, 0.5) is 0 Å². The van der Waals surface area contributed by atoms with Crippen LogP contribution in [0.15, 0.2) is 24.3 Å². The van der Waals surface area contributed by atoms with E-state index in [9.17, 15) is 13.6 Å². The average molecular weight is 333 g/mol. The topological polar surface area (TPSA) is 78.5 Å². The molecular formula is C14H19ClNO4S-. The van der Waals surface area contributed by atoms with Gasteiger partial charge >= 0.3 is 5.97 Å². The summed E-state index contributed by atoms with van der Waals surface area (Å²) in [7, 11) is 0. The molecule has 2 rings (SSSR count). The Balaban J connectivity index is 0.00000220. The highest BCUT2D eigenvalue weighted by Gasteiger charge is 2.24. The van der Waals surface area contributed by atoms with Crippen LogP contribution in [0.3, 0.4) is 0 Å². The number of piperidine rings is 1. The van der Waals surface area contributed by atoms with Gasteiger partial charge in [-0.15, -0.1) is 12.4 Å². The van der Waals surface area contributed by atoms with E-state index in [0.29, 0.717) is 0 Å². The van der Waals surface area contributed by atoms with Crippen LogP contribution < -0.4 is 5.32 Å². The van der Waals surface area contributed by atoms with Gasteiger partial charge in [0.05, 0.1) is 0 Å². The van der Waals surface area contributed by atoms with Gasteiger partial charge < -0.3 is 14.6 Å². The molecule has 0 aromatic heterocycles. The van der Waals surface area contributed by atoms with Crippen LogP contribution in [0.25, 0.3) is 0 Å². The van der Waals surface area contributed by atoms with Crippen LogP contribution in [-0.4, -0.2) is 27.4 Å². The Morgan fingerprint density at radius 3 is 2.67 bits per heavy atom. The zero-order chi connectivity index (χ0) is 14.5. The number of halogens is 1. The molecule has 1 aliphatic heterocycles. The van der Waals surface area contributed by atoms with Crippen molar-refractivity contribution in [3.8, 4) is 0 Å². The van der Waals surface area contributed by atoms with Gasteiger partial charge in [0, 0.05) is 25.1 Å². The lowest BCUT2D eigenvalue weighted by atomic mass is 9.95. The molecule has 7 heteroatoms. The fourth-order valence-corrected chi connectivity index (χ4v) is 2.93. The van der Waals surface area contributed by atoms with Gasteiger partial charge in [-0.05, 0) is 24.1 Å². The molecule has 0 amide bonds. The third-order valence-corrected chi connectivity index (χ3v) is 3.92. The average Bonchev–Trinajstić information content (AvgIpc) is 2.38. The molecule has 1 heterocycles. The quantitative estimate of drug-likeness (QED) is 0.672. The predicted octanol–water partition coefficient (Wildman–Crippen LogP) is 1.84. The van der Waals surface area contributed by atoms with Crippen molar-refractivity contribution < 1.29 is 18.3 Å². The molecule has 0 radical (unpaired) electrons. The van der Waals surface area contributed by atoms with Crippen molar-refractivity contribution in [3.05, 3.63) is 35.4 Å². The molecule has 1 fully saturated rings. The summed E-state index contributed by atoms with van der Waals surface area (Å²) in [4.78, 5) is 11.0. The van der Waals surface area contributed by atoms with Crippen LogP contribution in [-0.2, 0) is 26.4 Å². The number of carbonyl (C=O) groups is 1. The maximum atomic E-state index is 11.0. The van der Waals surface area contributed by atoms with Crippen molar-refractivity contribution in [1.29, 1.82) is 0 Å². The number of carbonyl (C=O) groups excluding carboxylic acids is 1. The van der Waals surface area contributed by atoms with Crippen molar-refractivity contribution in [2.45, 2.75) is 37.7 Å². The molecule has 0 saturated carbocycles. The Bertz CT molecular complexity index is 494. The molecule has 3 atom stereocenters. The van der Waals surface area contributed by atoms with E-state index >= 15 is 0 Å². The minimum atomic E-state index is -2.06. The minimum absolute atomic E-state index is 0. The molecule has 1 aromatic rings. The van der Waals surface area contributed by atoms with Crippen molar-refractivity contribution in [3.63, 3.8) is 0 Å². The SMILES string of the molecule is CC(=O)OC1CCNC(c2ccc(CS(=O)[O-])cc2)C1.Cl. The zero-order valence-electron chi connectivity index (χ0n) is 11.7. The first-order chi connectivity index (χ1) is 9.54. The van der Waals surface area contributed by atoms with E-state index in [1.807, 2.05) is 24.3 Å². The summed E-state index contributed by atoms with van der Waals surface area (Å²) in [6.45, 7) is 2.23. The Kier molecular flexibility index (Phi) is 7.31. The number of rotatable bonds is 4. The monoisotopic (exact) mass is 332 g/mol. The molecule has 21 heavy (non-hydrogen) atoms. The van der Waals surface area contributed by atoms with Crippen molar-refractivity contribution in [2.24, 2.45) is 0 Å². The summed E-state index contributed by atoms with van der Waals surface area (Å²) in [5.41, 5.74) is 1.86. The lowest BCUT2D eigenvalue weighted by Crippen LogP contribution is -2.36. The molecule has 1 aromatic carbocycles. The predicted molar refractivity (Wildman–Crippen MR) is 81.8 cm³/mol. The highest BCUT2D eigenvalue weighted by atomic mass is 35.5. The third kappa shape index (κ3) is 5.74. The maximum Gasteiger partial charge on any atom is 0.302 e. The van der Waals surface area contributed by atoms with E-state index in [1.165, 1.54) is 6.92 Å². The Morgan fingerprint density at radius 1 is 1.43 bits per heavy atom. The molecule has 0 aliphatic carbocycles. The third-order valence-electron chi connectivity index (χ3n) is 3.35. The van der Waals surface area contributed by atoms with Crippen LogP contribution >= 0.6 is 12.4 Å². The largest absolute Gasteiger partial charge is 0.772 e. The highest BCUT2D eigenvalue weighted by Crippen LogP contribution is 2.25. The van der Waals surface area contributed by atoms with Crippen molar-refractivity contribution in [2.75, 3.05) is 6.54 Å². The van der Waals surface area contributed by atoms with Crippen LogP contribution in [0.2, 0.25) is 0 Å². The molecular weight excluding hydrogens is 314 g/mol. The van der Waals surface area contributed by atoms with Crippen LogP contribution in [0.5, 0.6) is 0 Å². The minimum Gasteiger partial charge on any atom is -0.772 e. The zero-order valence-corrected chi connectivity index (χ0v) is 13.4. The summed E-state index contributed by atoms with van der Waals surface area (Å²) in [6, 6.07) is 7.64. The van der Waals surface area contributed by atoms with Gasteiger partial charge in [-0.1, -0.05) is 35.3 Å². The Labute approximate surface area is 133 Å². The van der Waals surface area contributed by atoms with Gasteiger partial charge in [0.25, 0.3) is 0 Å². The number of hydrogen-bond donors (Lipinski definition) is 1. The first-order valence-corrected chi connectivity index (χ1v) is 7.84. The van der Waals surface area contributed by atoms with E-state index in [-0.39, 0.29) is 36.3 Å². The van der Waals surface area contributed by atoms with E-state index < -0.39 is 11.1 Å². The van der Waals surface area contributed by atoms with Gasteiger partial charge in [-0.2, -0.15) is 0 Å². The standard InChI is InChI=1S/C14H19NO4S.ClH/c1-10(16)19-13-6-7-15-14(8-13)12-4-2-11(3-5-12)9-20(17)18;/h2-5,13-15H,6-9H2,1H3,(H,17,18);1H/p-1. The van der Waals surface area contributed by atoms with Gasteiger partial charge in [0.1, 0.15) is 6.10 Å². The van der Waals surface area contributed by atoms with E-state index in [4.69, 9.17) is 4.74 Å². The van der Waals surface area contributed by atoms with E-state index in [0.717, 1.165) is 30.5 Å². The Morgan fingerprint density at radius 2 is 2.10 bits per heavy atom. The number of esters is 1. The lowest BCUT2D eigenvalue weighted by Gasteiger charge is -2.30. The highest BCUT2D eigenvalue weighted by molar-refractivity contribution is 7.78. The molecule has 1 N–H and O–H groups in total. The number of nitrogens with one attached hydrogen (secondary N) is 1. The summed E-state index contributed by atoms with van der Waals surface area (Å²) in [6.07, 6.45) is 1.52. The van der Waals surface area contributed by atoms with E-state index in [1.54, 1.807) is 0 Å². The number of benzene rings is 1. The van der Waals surface area contributed by atoms with Gasteiger partial charge in [0.2, 0.25) is 0 Å². The second-order valence-corrected chi connectivity index (χ2v) is 5.85. The first kappa shape index (κ1) is 18.1. The number of ether oxygens (including phenoxy) is 1. The normalized spacial score (nSPS) is 23.0. The maximum absolute atomic E-state index is 11.0. The lowest BCUT2D eigenvalue weighted by molar-refractivity contribution is -0.147. The van der Waals surface area contributed by atoms with Gasteiger partial charge in [0.15, 0.2) is 0 Å². The molecule has 3 unspecified atom stereocenters. The smallest absolute Gasteiger partial charge is 0.302 e. The van der Waals surface area contributed by atoms with Gasteiger partial charge in [-0.25, -0.2) is 0 Å². The molecule has 5 nitrogen and oxygen atoms in total. The summed E-state index contributed by atoms with van der Waals surface area (Å²) in [5, 5.41) is 3.39. The van der Waals surface area contributed by atoms with Crippen LogP contribution in [0.1, 0.15) is 36.9 Å². The molecule has 1 saturated heterocycles. The molecule has 0 spiro atoms. The summed E-state index contributed by atoms with van der Waals surface area (Å²) in [5.74, 6) is -0.210. The fraction of sp³-hybridized carbons (Fsp3) is 0.500.